The molecule has 0 saturated heterocycles. The molecule has 0 unspecified atom stereocenters. The van der Waals surface area contributed by atoms with Crippen molar-refractivity contribution in [3.63, 3.8) is 0 Å². The first kappa shape index (κ1) is 20.8. The van der Waals surface area contributed by atoms with E-state index in [1.165, 1.54) is 0 Å². The molecule has 0 aliphatic carbocycles. The van der Waals surface area contributed by atoms with E-state index in [0.717, 1.165) is 22.3 Å². The summed E-state index contributed by atoms with van der Waals surface area (Å²) in [5.74, 6) is 0.253. The number of anilines is 1. The number of fused-ring (bicyclic) bond motifs is 1. The number of carbonyl (C=O) groups excluding carboxylic acids is 2. The summed E-state index contributed by atoms with van der Waals surface area (Å²) >= 11 is 6.10. The second-order valence-corrected chi connectivity index (χ2v) is 8.03. The van der Waals surface area contributed by atoms with Crippen molar-refractivity contribution in [3.05, 3.63) is 87.3 Å². The Balaban J connectivity index is 1.43. The first-order valence-corrected chi connectivity index (χ1v) is 10.3. The van der Waals surface area contributed by atoms with Crippen LogP contribution in [0, 0.1) is 6.92 Å². The SMILES string of the molecule is Cc1cc(N)ncc1CNC(=O)c1ccnc(CN2Cc3cc(Cl)ccc3CC2=O)c1. The van der Waals surface area contributed by atoms with E-state index in [-0.39, 0.29) is 11.8 Å². The van der Waals surface area contributed by atoms with Crippen LogP contribution in [0.25, 0.3) is 0 Å². The Bertz CT molecular complexity index is 1160. The molecule has 0 radical (unpaired) electrons. The van der Waals surface area contributed by atoms with E-state index in [0.29, 0.717) is 48.2 Å². The highest BCUT2D eigenvalue weighted by atomic mass is 35.5. The lowest BCUT2D eigenvalue weighted by Gasteiger charge is -2.28. The van der Waals surface area contributed by atoms with Gasteiger partial charge in [-0.15, -0.1) is 0 Å². The number of nitrogen functional groups attached to an aromatic ring is 1. The first-order chi connectivity index (χ1) is 14.9. The maximum absolute atomic E-state index is 12.6. The van der Waals surface area contributed by atoms with E-state index in [9.17, 15) is 9.59 Å². The van der Waals surface area contributed by atoms with Crippen LogP contribution < -0.4 is 11.1 Å². The summed E-state index contributed by atoms with van der Waals surface area (Å²) in [5, 5.41) is 3.54. The normalized spacial score (nSPS) is 13.1. The lowest BCUT2D eigenvalue weighted by atomic mass is 9.99. The third kappa shape index (κ3) is 4.83. The van der Waals surface area contributed by atoms with E-state index < -0.39 is 0 Å². The average molecular weight is 436 g/mol. The molecule has 4 rings (SSSR count). The number of nitrogens with one attached hydrogen (secondary N) is 1. The van der Waals surface area contributed by atoms with Crippen LogP contribution in [0.15, 0.2) is 48.8 Å². The molecule has 0 saturated carbocycles. The van der Waals surface area contributed by atoms with E-state index in [1.54, 1.807) is 41.6 Å². The van der Waals surface area contributed by atoms with Crippen LogP contribution in [0.1, 0.15) is 38.3 Å². The molecule has 0 spiro atoms. The second kappa shape index (κ2) is 8.73. The molecule has 0 bridgehead atoms. The number of amides is 2. The number of hydrogen-bond acceptors (Lipinski definition) is 5. The molecular formula is C23H22ClN5O2. The van der Waals surface area contributed by atoms with Crippen molar-refractivity contribution >= 4 is 29.2 Å². The van der Waals surface area contributed by atoms with Crippen LogP contribution in [0.5, 0.6) is 0 Å². The first-order valence-electron chi connectivity index (χ1n) is 9.88. The lowest BCUT2D eigenvalue weighted by molar-refractivity contribution is -0.132. The molecule has 31 heavy (non-hydrogen) atoms. The third-order valence-electron chi connectivity index (χ3n) is 5.34. The van der Waals surface area contributed by atoms with Crippen LogP contribution in [0.2, 0.25) is 5.02 Å². The quantitative estimate of drug-likeness (QED) is 0.641. The Kier molecular flexibility index (Phi) is 5.86. The van der Waals surface area contributed by atoms with Gasteiger partial charge in [0.15, 0.2) is 0 Å². The minimum absolute atomic E-state index is 0.0257. The number of nitrogens with zero attached hydrogens (tertiary/aromatic N) is 3. The molecule has 1 aromatic carbocycles. The highest BCUT2D eigenvalue weighted by Gasteiger charge is 2.23. The Morgan fingerprint density at radius 1 is 1.19 bits per heavy atom. The topological polar surface area (TPSA) is 101 Å². The minimum Gasteiger partial charge on any atom is -0.384 e. The predicted octanol–water partition coefficient (Wildman–Crippen LogP) is 3.04. The summed E-state index contributed by atoms with van der Waals surface area (Å²) in [6.07, 6.45) is 3.58. The number of halogens is 1. The van der Waals surface area contributed by atoms with Gasteiger partial charge in [0.1, 0.15) is 5.82 Å². The third-order valence-corrected chi connectivity index (χ3v) is 5.57. The summed E-state index contributed by atoms with van der Waals surface area (Å²) in [7, 11) is 0. The van der Waals surface area contributed by atoms with Crippen molar-refractivity contribution in [2.45, 2.75) is 33.0 Å². The summed E-state index contributed by atoms with van der Waals surface area (Å²) < 4.78 is 0. The molecule has 2 aromatic heterocycles. The van der Waals surface area contributed by atoms with Crippen LogP contribution in [-0.4, -0.2) is 26.7 Å². The summed E-state index contributed by atoms with van der Waals surface area (Å²) in [4.78, 5) is 35.3. The van der Waals surface area contributed by atoms with Crippen molar-refractivity contribution < 1.29 is 9.59 Å². The van der Waals surface area contributed by atoms with Crippen molar-refractivity contribution in [1.29, 1.82) is 0 Å². The van der Waals surface area contributed by atoms with Gasteiger partial charge >= 0.3 is 0 Å². The van der Waals surface area contributed by atoms with Gasteiger partial charge in [0.05, 0.1) is 18.7 Å². The van der Waals surface area contributed by atoms with Gasteiger partial charge in [0.25, 0.3) is 5.91 Å². The number of aromatic nitrogens is 2. The fourth-order valence-corrected chi connectivity index (χ4v) is 3.79. The molecule has 8 heteroatoms. The van der Waals surface area contributed by atoms with Crippen LogP contribution in [0.3, 0.4) is 0 Å². The predicted molar refractivity (Wildman–Crippen MR) is 118 cm³/mol. The average Bonchev–Trinajstić information content (AvgIpc) is 2.74. The zero-order valence-electron chi connectivity index (χ0n) is 17.1. The molecule has 1 aliphatic rings. The van der Waals surface area contributed by atoms with Gasteiger partial charge < -0.3 is 16.0 Å². The zero-order valence-corrected chi connectivity index (χ0v) is 17.8. The number of rotatable bonds is 5. The van der Waals surface area contributed by atoms with E-state index in [1.807, 2.05) is 19.1 Å². The zero-order chi connectivity index (χ0) is 22.0. The second-order valence-electron chi connectivity index (χ2n) is 7.59. The molecule has 0 atom stereocenters. The summed E-state index contributed by atoms with van der Waals surface area (Å²) in [6.45, 7) is 3.06. The number of carbonyl (C=O) groups is 2. The number of benzene rings is 1. The maximum Gasteiger partial charge on any atom is 0.251 e. The van der Waals surface area contributed by atoms with E-state index in [2.05, 4.69) is 15.3 Å². The van der Waals surface area contributed by atoms with Crippen LogP contribution in [0.4, 0.5) is 5.82 Å². The molecule has 3 N–H and O–H groups in total. The molecule has 3 heterocycles. The molecule has 2 amide bonds. The molecule has 7 nitrogen and oxygen atoms in total. The Morgan fingerprint density at radius 2 is 2.03 bits per heavy atom. The highest BCUT2D eigenvalue weighted by Crippen LogP contribution is 2.24. The van der Waals surface area contributed by atoms with Gasteiger partial charge in [0, 0.05) is 36.1 Å². The van der Waals surface area contributed by atoms with E-state index >= 15 is 0 Å². The van der Waals surface area contributed by atoms with Gasteiger partial charge in [0.2, 0.25) is 5.91 Å². The van der Waals surface area contributed by atoms with Gasteiger partial charge in [-0.3, -0.25) is 14.6 Å². The standard InChI is InChI=1S/C23H22ClN5O2/c1-14-6-21(25)27-10-18(14)11-28-23(31)16-4-5-26-20(8-16)13-29-12-17-7-19(24)3-2-15(17)9-22(29)30/h2-8,10H,9,11-13H2,1H3,(H2,25,27)(H,28,31). The monoisotopic (exact) mass is 435 g/mol. The molecule has 0 fully saturated rings. The summed E-state index contributed by atoms with van der Waals surface area (Å²) in [6, 6.07) is 10.7. The van der Waals surface area contributed by atoms with Crippen LogP contribution >= 0.6 is 11.6 Å². The van der Waals surface area contributed by atoms with Crippen LogP contribution in [-0.2, 0) is 30.8 Å². The summed E-state index contributed by atoms with van der Waals surface area (Å²) in [5.41, 5.74) is 10.7. The Hall–Kier alpha value is -3.45. The minimum atomic E-state index is -0.220. The molecule has 158 valence electrons. The number of nitrogens with two attached hydrogens (primary N) is 1. The molecular weight excluding hydrogens is 414 g/mol. The van der Waals surface area contributed by atoms with Crippen molar-refractivity contribution in [3.8, 4) is 0 Å². The number of pyridine rings is 2. The number of hydrogen-bond donors (Lipinski definition) is 2. The molecule has 3 aromatic rings. The van der Waals surface area contributed by atoms with Crippen molar-refractivity contribution in [1.82, 2.24) is 20.2 Å². The van der Waals surface area contributed by atoms with Crippen molar-refractivity contribution in [2.75, 3.05) is 5.73 Å². The Morgan fingerprint density at radius 3 is 2.84 bits per heavy atom. The van der Waals surface area contributed by atoms with Crippen molar-refractivity contribution in [2.24, 2.45) is 0 Å². The Labute approximate surface area is 185 Å². The number of aryl methyl sites for hydroxylation is 1. The largest absolute Gasteiger partial charge is 0.384 e. The molecule has 1 aliphatic heterocycles. The fraction of sp³-hybridized carbons (Fsp3) is 0.217. The maximum atomic E-state index is 12.6. The van der Waals surface area contributed by atoms with E-state index in [4.69, 9.17) is 17.3 Å². The highest BCUT2D eigenvalue weighted by molar-refractivity contribution is 6.30. The smallest absolute Gasteiger partial charge is 0.251 e. The van der Waals surface area contributed by atoms with Gasteiger partial charge in [-0.1, -0.05) is 17.7 Å². The van der Waals surface area contributed by atoms with Gasteiger partial charge in [-0.2, -0.15) is 0 Å². The fourth-order valence-electron chi connectivity index (χ4n) is 3.60. The lowest BCUT2D eigenvalue weighted by Crippen LogP contribution is -2.36. The van der Waals surface area contributed by atoms with Gasteiger partial charge in [-0.05, 0) is 59.5 Å². The van der Waals surface area contributed by atoms with Gasteiger partial charge in [-0.25, -0.2) is 4.98 Å².